The lowest BCUT2D eigenvalue weighted by molar-refractivity contribution is 0.858. The SMILES string of the molecule is Cc1ccn(-c2ccc(CCl)cc2Br)n1. The summed E-state index contributed by atoms with van der Waals surface area (Å²) in [4.78, 5) is 0. The van der Waals surface area contributed by atoms with E-state index in [1.54, 1.807) is 0 Å². The van der Waals surface area contributed by atoms with Crippen molar-refractivity contribution in [2.75, 3.05) is 0 Å². The van der Waals surface area contributed by atoms with Gasteiger partial charge >= 0.3 is 0 Å². The molecule has 2 rings (SSSR count). The molecule has 0 aliphatic carbocycles. The zero-order chi connectivity index (χ0) is 10.8. The van der Waals surface area contributed by atoms with Gasteiger partial charge in [0.2, 0.25) is 0 Å². The highest BCUT2D eigenvalue weighted by Crippen LogP contribution is 2.22. The molecule has 1 aromatic carbocycles. The monoisotopic (exact) mass is 284 g/mol. The van der Waals surface area contributed by atoms with Crippen LogP contribution in [0.5, 0.6) is 0 Å². The number of aryl methyl sites for hydroxylation is 1. The van der Waals surface area contributed by atoms with Gasteiger partial charge in [0.15, 0.2) is 0 Å². The molecule has 0 saturated carbocycles. The van der Waals surface area contributed by atoms with Crippen molar-refractivity contribution in [1.82, 2.24) is 9.78 Å². The molecular weight excluding hydrogens is 275 g/mol. The molecule has 0 amide bonds. The van der Waals surface area contributed by atoms with E-state index in [1.807, 2.05) is 42.1 Å². The molecule has 1 aromatic heterocycles. The zero-order valence-corrected chi connectivity index (χ0v) is 10.6. The normalized spacial score (nSPS) is 10.6. The third-order valence-electron chi connectivity index (χ3n) is 2.14. The average molecular weight is 286 g/mol. The molecule has 1 heterocycles. The van der Waals surface area contributed by atoms with Gasteiger partial charge in [-0.05, 0) is 46.6 Å². The van der Waals surface area contributed by atoms with Crippen LogP contribution >= 0.6 is 27.5 Å². The highest BCUT2D eigenvalue weighted by atomic mass is 79.9. The second-order valence-corrected chi connectivity index (χ2v) is 4.44. The lowest BCUT2D eigenvalue weighted by Gasteiger charge is -2.05. The number of benzene rings is 1. The van der Waals surface area contributed by atoms with Crippen molar-refractivity contribution in [2.24, 2.45) is 0 Å². The summed E-state index contributed by atoms with van der Waals surface area (Å²) in [5.74, 6) is 0.525. The fourth-order valence-electron chi connectivity index (χ4n) is 1.37. The third-order valence-corrected chi connectivity index (χ3v) is 3.08. The van der Waals surface area contributed by atoms with E-state index in [4.69, 9.17) is 11.6 Å². The molecule has 0 saturated heterocycles. The second-order valence-electron chi connectivity index (χ2n) is 3.32. The van der Waals surface area contributed by atoms with Gasteiger partial charge in [-0.15, -0.1) is 11.6 Å². The van der Waals surface area contributed by atoms with Gasteiger partial charge in [0.05, 0.1) is 11.4 Å². The molecule has 0 atom stereocenters. The minimum Gasteiger partial charge on any atom is -0.240 e. The van der Waals surface area contributed by atoms with Gasteiger partial charge in [0.1, 0.15) is 0 Å². The molecule has 0 radical (unpaired) electrons. The molecule has 0 unspecified atom stereocenters. The number of alkyl halides is 1. The van der Waals surface area contributed by atoms with E-state index in [0.29, 0.717) is 5.88 Å². The Hall–Kier alpha value is -0.800. The molecule has 2 aromatic rings. The smallest absolute Gasteiger partial charge is 0.0787 e. The van der Waals surface area contributed by atoms with Crippen LogP contribution in [0.1, 0.15) is 11.3 Å². The van der Waals surface area contributed by atoms with Gasteiger partial charge in [0.25, 0.3) is 0 Å². The van der Waals surface area contributed by atoms with Crippen molar-refractivity contribution < 1.29 is 0 Å². The van der Waals surface area contributed by atoms with Crippen molar-refractivity contribution in [3.63, 3.8) is 0 Å². The first-order chi connectivity index (χ1) is 7.20. The summed E-state index contributed by atoms with van der Waals surface area (Å²) >= 11 is 9.27. The number of hydrogen-bond acceptors (Lipinski definition) is 1. The molecule has 0 N–H and O–H groups in total. The Bertz CT molecular complexity index is 479. The summed E-state index contributed by atoms with van der Waals surface area (Å²) < 4.78 is 2.85. The molecule has 78 valence electrons. The highest BCUT2D eigenvalue weighted by molar-refractivity contribution is 9.10. The van der Waals surface area contributed by atoms with Crippen LogP contribution in [0.2, 0.25) is 0 Å². The average Bonchev–Trinajstić information content (AvgIpc) is 2.64. The zero-order valence-electron chi connectivity index (χ0n) is 8.24. The quantitative estimate of drug-likeness (QED) is 0.770. The first kappa shape index (κ1) is 10.7. The van der Waals surface area contributed by atoms with Gasteiger partial charge < -0.3 is 0 Å². The predicted molar refractivity (Wildman–Crippen MR) is 65.6 cm³/mol. The van der Waals surface area contributed by atoms with Crippen LogP contribution in [0.25, 0.3) is 5.69 Å². The Morgan fingerprint density at radius 1 is 1.40 bits per heavy atom. The lowest BCUT2D eigenvalue weighted by atomic mass is 10.2. The third kappa shape index (κ3) is 2.24. The van der Waals surface area contributed by atoms with Crippen molar-refractivity contribution in [3.05, 3.63) is 46.2 Å². The summed E-state index contributed by atoms with van der Waals surface area (Å²) in [6.07, 6.45) is 1.94. The standard InChI is InChI=1S/C11H10BrClN2/c1-8-4-5-15(14-8)11-3-2-9(7-13)6-10(11)12/h2-6H,7H2,1H3. The largest absolute Gasteiger partial charge is 0.240 e. The first-order valence-corrected chi connectivity index (χ1v) is 5.90. The summed E-state index contributed by atoms with van der Waals surface area (Å²) in [5, 5.41) is 4.35. The number of rotatable bonds is 2. The summed E-state index contributed by atoms with van der Waals surface area (Å²) in [5.41, 5.74) is 3.12. The molecule has 0 fully saturated rings. The number of aromatic nitrogens is 2. The highest BCUT2D eigenvalue weighted by Gasteiger charge is 2.04. The Kier molecular flexibility index (Phi) is 3.12. The van der Waals surface area contributed by atoms with Gasteiger partial charge in [0, 0.05) is 16.5 Å². The van der Waals surface area contributed by atoms with Crippen LogP contribution in [0.4, 0.5) is 0 Å². The molecule has 15 heavy (non-hydrogen) atoms. The van der Waals surface area contributed by atoms with Crippen molar-refractivity contribution >= 4 is 27.5 Å². The Labute approximate surface area is 102 Å². The van der Waals surface area contributed by atoms with Crippen LogP contribution < -0.4 is 0 Å². The predicted octanol–water partition coefficient (Wildman–Crippen LogP) is 3.68. The maximum absolute atomic E-state index is 5.76. The van der Waals surface area contributed by atoms with Crippen LogP contribution in [-0.2, 0) is 5.88 Å². The second kappa shape index (κ2) is 4.37. The van der Waals surface area contributed by atoms with Crippen molar-refractivity contribution in [2.45, 2.75) is 12.8 Å². The van der Waals surface area contributed by atoms with Gasteiger partial charge in [-0.25, -0.2) is 4.68 Å². The van der Waals surface area contributed by atoms with Gasteiger partial charge in [-0.3, -0.25) is 0 Å². The van der Waals surface area contributed by atoms with E-state index >= 15 is 0 Å². The van der Waals surface area contributed by atoms with E-state index in [0.717, 1.165) is 21.4 Å². The maximum atomic E-state index is 5.76. The van der Waals surface area contributed by atoms with E-state index in [1.165, 1.54) is 0 Å². The first-order valence-electron chi connectivity index (χ1n) is 4.58. The van der Waals surface area contributed by atoms with E-state index in [2.05, 4.69) is 21.0 Å². The van der Waals surface area contributed by atoms with Gasteiger partial charge in [-0.2, -0.15) is 5.10 Å². The molecule has 4 heteroatoms. The Morgan fingerprint density at radius 3 is 2.73 bits per heavy atom. The molecular formula is C11H10BrClN2. The molecule has 0 spiro atoms. The van der Waals surface area contributed by atoms with Crippen LogP contribution in [0.15, 0.2) is 34.9 Å². The van der Waals surface area contributed by atoms with E-state index in [9.17, 15) is 0 Å². The van der Waals surface area contributed by atoms with Crippen LogP contribution in [0.3, 0.4) is 0 Å². The maximum Gasteiger partial charge on any atom is 0.0787 e. The Balaban J connectivity index is 2.45. The fourth-order valence-corrected chi connectivity index (χ4v) is 2.14. The molecule has 0 aliphatic heterocycles. The number of hydrogen-bond donors (Lipinski definition) is 0. The van der Waals surface area contributed by atoms with Crippen LogP contribution in [-0.4, -0.2) is 9.78 Å². The molecule has 0 aliphatic rings. The van der Waals surface area contributed by atoms with Gasteiger partial charge in [-0.1, -0.05) is 6.07 Å². The number of nitrogens with zero attached hydrogens (tertiary/aromatic N) is 2. The minimum absolute atomic E-state index is 0.525. The Morgan fingerprint density at radius 2 is 2.20 bits per heavy atom. The molecule has 2 nitrogen and oxygen atoms in total. The van der Waals surface area contributed by atoms with Crippen molar-refractivity contribution in [3.8, 4) is 5.69 Å². The van der Waals surface area contributed by atoms with Crippen molar-refractivity contribution in [1.29, 1.82) is 0 Å². The molecule has 0 bridgehead atoms. The van der Waals surface area contributed by atoms with E-state index < -0.39 is 0 Å². The summed E-state index contributed by atoms with van der Waals surface area (Å²) in [6.45, 7) is 1.97. The van der Waals surface area contributed by atoms with E-state index in [-0.39, 0.29) is 0 Å². The number of halogens is 2. The minimum atomic E-state index is 0.525. The topological polar surface area (TPSA) is 17.8 Å². The lowest BCUT2D eigenvalue weighted by Crippen LogP contribution is -1.96. The fraction of sp³-hybridized carbons (Fsp3) is 0.182. The summed E-state index contributed by atoms with van der Waals surface area (Å²) in [6, 6.07) is 8.00. The van der Waals surface area contributed by atoms with Crippen LogP contribution in [0, 0.1) is 6.92 Å². The summed E-state index contributed by atoms with van der Waals surface area (Å²) in [7, 11) is 0.